The zero-order valence-corrected chi connectivity index (χ0v) is 15.3. The second-order valence-corrected chi connectivity index (χ2v) is 8.22. The van der Waals surface area contributed by atoms with Crippen molar-refractivity contribution in [2.24, 2.45) is 5.92 Å². The molecule has 0 amide bonds. The molecule has 2 aliphatic heterocycles. The summed E-state index contributed by atoms with van der Waals surface area (Å²) in [5.41, 5.74) is 0.967. The van der Waals surface area contributed by atoms with Gasteiger partial charge in [0.2, 0.25) is 0 Å². The average molecular weight is 355 g/mol. The minimum atomic E-state index is -0.527. The summed E-state index contributed by atoms with van der Waals surface area (Å²) in [5, 5.41) is 15.1. The number of thioether (sulfide) groups is 1. The second-order valence-electron chi connectivity index (χ2n) is 6.62. The number of rotatable bonds is 4. The van der Waals surface area contributed by atoms with Crippen LogP contribution in [0.1, 0.15) is 37.4 Å². The van der Waals surface area contributed by atoms with E-state index in [4.69, 9.17) is 11.6 Å². The van der Waals surface area contributed by atoms with Gasteiger partial charge in [-0.1, -0.05) is 36.8 Å². The molecule has 5 atom stereocenters. The zero-order chi connectivity index (χ0) is 16.2. The first kappa shape index (κ1) is 17.6. The Morgan fingerprint density at radius 1 is 1.22 bits per heavy atom. The molecule has 0 aromatic heterocycles. The fourth-order valence-electron chi connectivity index (χ4n) is 3.88. The number of aliphatic hydroxyl groups excluding tert-OH is 1. The van der Waals surface area contributed by atoms with Gasteiger partial charge >= 0.3 is 0 Å². The summed E-state index contributed by atoms with van der Waals surface area (Å²) >= 11 is 8.60. The van der Waals surface area contributed by atoms with Gasteiger partial charge in [0, 0.05) is 11.3 Å². The molecule has 128 valence electrons. The highest BCUT2D eigenvalue weighted by Gasteiger charge is 2.43. The van der Waals surface area contributed by atoms with Crippen molar-refractivity contribution >= 4 is 23.4 Å². The Bertz CT molecular complexity index is 483. The molecule has 0 saturated carbocycles. The van der Waals surface area contributed by atoms with E-state index in [9.17, 15) is 5.11 Å². The van der Waals surface area contributed by atoms with E-state index in [1.807, 2.05) is 42.1 Å². The smallest absolute Gasteiger partial charge is 0.0860 e. The molecule has 2 N–H and O–H groups in total. The third-order valence-electron chi connectivity index (χ3n) is 5.15. The highest BCUT2D eigenvalue weighted by Crippen LogP contribution is 2.39. The van der Waals surface area contributed by atoms with E-state index in [1.54, 1.807) is 0 Å². The van der Waals surface area contributed by atoms with Crippen molar-refractivity contribution in [1.82, 2.24) is 10.2 Å². The predicted octanol–water partition coefficient (Wildman–Crippen LogP) is 3.44. The van der Waals surface area contributed by atoms with Gasteiger partial charge in [-0.25, -0.2) is 0 Å². The molecule has 23 heavy (non-hydrogen) atoms. The first-order chi connectivity index (χ1) is 11.2. The number of aliphatic hydroxyl groups is 1. The van der Waals surface area contributed by atoms with E-state index >= 15 is 0 Å². The highest BCUT2D eigenvalue weighted by atomic mass is 35.5. The van der Waals surface area contributed by atoms with Crippen molar-refractivity contribution in [2.75, 3.05) is 19.3 Å². The molecule has 0 spiro atoms. The molecule has 3 nitrogen and oxygen atoms in total. The van der Waals surface area contributed by atoms with Crippen LogP contribution in [0.5, 0.6) is 0 Å². The minimum Gasteiger partial charge on any atom is -0.388 e. The van der Waals surface area contributed by atoms with Gasteiger partial charge in [-0.3, -0.25) is 10.2 Å². The molecule has 1 aromatic carbocycles. The summed E-state index contributed by atoms with van der Waals surface area (Å²) in [6.45, 7) is 2.20. The molecule has 2 aliphatic rings. The molecular formula is C18H27ClN2OS. The summed E-state index contributed by atoms with van der Waals surface area (Å²) in [5.74, 6) is 0.0144. The third kappa shape index (κ3) is 4.05. The first-order valence-corrected chi connectivity index (χ1v) is 10.3. The SMILES string of the molecule is CSC1CC(Cl)C(C(O)c2ccccc2)C(N2CCCCC2)N1. The lowest BCUT2D eigenvalue weighted by Gasteiger charge is -2.48. The minimum absolute atomic E-state index is 0.0144. The number of alkyl halides is 1. The van der Waals surface area contributed by atoms with Crippen LogP contribution in [-0.4, -0.2) is 46.3 Å². The van der Waals surface area contributed by atoms with Gasteiger partial charge in [-0.15, -0.1) is 23.4 Å². The van der Waals surface area contributed by atoms with Crippen LogP contribution < -0.4 is 5.32 Å². The molecule has 2 saturated heterocycles. The lowest BCUT2D eigenvalue weighted by molar-refractivity contribution is -0.00714. The van der Waals surface area contributed by atoms with Crippen LogP contribution in [0.3, 0.4) is 0 Å². The van der Waals surface area contributed by atoms with Gasteiger partial charge in [-0.2, -0.15) is 0 Å². The van der Waals surface area contributed by atoms with Crippen molar-refractivity contribution in [2.45, 2.75) is 48.7 Å². The van der Waals surface area contributed by atoms with E-state index in [0.29, 0.717) is 5.37 Å². The van der Waals surface area contributed by atoms with Gasteiger partial charge < -0.3 is 5.11 Å². The third-order valence-corrected chi connectivity index (χ3v) is 6.52. The van der Waals surface area contributed by atoms with Gasteiger partial charge in [-0.05, 0) is 44.2 Å². The Morgan fingerprint density at radius 2 is 1.91 bits per heavy atom. The first-order valence-electron chi connectivity index (χ1n) is 8.60. The number of hydrogen-bond donors (Lipinski definition) is 2. The standard InChI is InChI=1S/C18H27ClN2OS/c1-23-15-12-14(19)16(17(22)13-8-4-2-5-9-13)18(20-15)21-10-6-3-7-11-21/h2,4-5,8-9,14-18,20,22H,3,6-7,10-12H2,1H3. The van der Waals surface area contributed by atoms with Gasteiger partial charge in [0.1, 0.15) is 0 Å². The molecular weight excluding hydrogens is 328 g/mol. The Hall–Kier alpha value is -0.260. The molecule has 5 unspecified atom stereocenters. The highest BCUT2D eigenvalue weighted by molar-refractivity contribution is 7.99. The van der Waals surface area contributed by atoms with E-state index < -0.39 is 6.10 Å². The quantitative estimate of drug-likeness (QED) is 0.812. The second kappa shape index (κ2) is 8.21. The van der Waals surface area contributed by atoms with Crippen molar-refractivity contribution in [3.05, 3.63) is 35.9 Å². The number of likely N-dealkylation sites (tertiary alicyclic amines) is 1. The van der Waals surface area contributed by atoms with E-state index in [0.717, 1.165) is 25.1 Å². The Balaban J connectivity index is 1.83. The molecule has 2 fully saturated rings. The topological polar surface area (TPSA) is 35.5 Å². The Morgan fingerprint density at radius 3 is 2.57 bits per heavy atom. The fraction of sp³-hybridized carbons (Fsp3) is 0.667. The van der Waals surface area contributed by atoms with Crippen LogP contribution >= 0.6 is 23.4 Å². The molecule has 0 aliphatic carbocycles. The molecule has 0 radical (unpaired) electrons. The average Bonchev–Trinajstić information content (AvgIpc) is 2.62. The lowest BCUT2D eigenvalue weighted by atomic mass is 9.85. The Labute approximate surface area is 148 Å². The van der Waals surface area contributed by atoms with Crippen molar-refractivity contribution in [1.29, 1.82) is 0 Å². The number of nitrogens with one attached hydrogen (secondary N) is 1. The number of benzene rings is 1. The largest absolute Gasteiger partial charge is 0.388 e. The van der Waals surface area contributed by atoms with Crippen molar-refractivity contribution in [3.63, 3.8) is 0 Å². The maximum atomic E-state index is 11.0. The van der Waals surface area contributed by atoms with Crippen molar-refractivity contribution in [3.8, 4) is 0 Å². The monoisotopic (exact) mass is 354 g/mol. The summed E-state index contributed by atoms with van der Waals surface area (Å²) in [7, 11) is 0. The Kier molecular flexibility index (Phi) is 6.27. The van der Waals surface area contributed by atoms with E-state index in [-0.39, 0.29) is 17.5 Å². The summed E-state index contributed by atoms with van der Waals surface area (Å²) < 4.78 is 0. The molecule has 3 rings (SSSR count). The predicted molar refractivity (Wildman–Crippen MR) is 98.8 cm³/mol. The number of halogens is 1. The maximum Gasteiger partial charge on any atom is 0.0860 e. The van der Waals surface area contributed by atoms with E-state index in [2.05, 4.69) is 16.5 Å². The number of nitrogens with zero attached hydrogens (tertiary/aromatic N) is 1. The van der Waals surface area contributed by atoms with Crippen molar-refractivity contribution < 1.29 is 5.11 Å². The molecule has 1 aromatic rings. The van der Waals surface area contributed by atoms with Gasteiger partial charge in [0.25, 0.3) is 0 Å². The van der Waals surface area contributed by atoms with Crippen LogP contribution in [-0.2, 0) is 0 Å². The summed E-state index contributed by atoms with van der Waals surface area (Å²) in [6.07, 6.45) is 6.43. The number of piperidine rings is 2. The normalized spacial score (nSPS) is 34.2. The van der Waals surface area contributed by atoms with Crippen LogP contribution in [0.4, 0.5) is 0 Å². The van der Waals surface area contributed by atoms with Gasteiger partial charge in [0.15, 0.2) is 0 Å². The molecule has 5 heteroatoms. The molecule has 2 heterocycles. The van der Waals surface area contributed by atoms with Crippen LogP contribution in [0, 0.1) is 5.92 Å². The fourth-order valence-corrected chi connectivity index (χ4v) is 5.12. The van der Waals surface area contributed by atoms with Gasteiger partial charge in [0.05, 0.1) is 17.6 Å². The lowest BCUT2D eigenvalue weighted by Crippen LogP contribution is -2.61. The van der Waals surface area contributed by atoms with Crippen LogP contribution in [0.25, 0.3) is 0 Å². The maximum absolute atomic E-state index is 11.0. The van der Waals surface area contributed by atoms with Crippen LogP contribution in [0.2, 0.25) is 0 Å². The zero-order valence-electron chi connectivity index (χ0n) is 13.7. The van der Waals surface area contributed by atoms with Crippen LogP contribution in [0.15, 0.2) is 30.3 Å². The summed E-state index contributed by atoms with van der Waals surface area (Å²) in [6, 6.07) is 9.96. The van der Waals surface area contributed by atoms with E-state index in [1.165, 1.54) is 19.3 Å². The number of hydrogen-bond acceptors (Lipinski definition) is 4. The molecule has 0 bridgehead atoms. The summed E-state index contributed by atoms with van der Waals surface area (Å²) in [4.78, 5) is 2.50.